The Morgan fingerprint density at radius 1 is 1.20 bits per heavy atom. The Morgan fingerprint density at radius 3 is 2.45 bits per heavy atom. The molecule has 0 amide bonds. The highest BCUT2D eigenvalue weighted by Gasteiger charge is 2.21. The van der Waals surface area contributed by atoms with Gasteiger partial charge in [-0.2, -0.15) is 5.26 Å². The lowest BCUT2D eigenvalue weighted by molar-refractivity contribution is 0.296. The van der Waals surface area contributed by atoms with Crippen molar-refractivity contribution < 1.29 is 4.74 Å². The molecule has 0 radical (unpaired) electrons. The zero-order valence-electron chi connectivity index (χ0n) is 12.9. The van der Waals surface area contributed by atoms with Gasteiger partial charge >= 0.3 is 0 Å². The maximum Gasteiger partial charge on any atom is 0.119 e. The number of nitriles is 1. The van der Waals surface area contributed by atoms with Gasteiger partial charge in [0.05, 0.1) is 12.7 Å². The molecular formula is C17H26N2O. The van der Waals surface area contributed by atoms with Crippen LogP contribution in [0, 0.1) is 11.3 Å². The van der Waals surface area contributed by atoms with Crippen LogP contribution >= 0.6 is 0 Å². The van der Waals surface area contributed by atoms with Gasteiger partial charge in [0.15, 0.2) is 0 Å². The maximum atomic E-state index is 9.16. The molecule has 0 aliphatic carbocycles. The molecule has 0 aliphatic rings. The third-order valence-corrected chi connectivity index (χ3v) is 3.49. The fourth-order valence-electron chi connectivity index (χ4n) is 2.17. The van der Waals surface area contributed by atoms with Gasteiger partial charge in [-0.3, -0.25) is 5.32 Å². The number of benzene rings is 1. The number of hydrogen-bond acceptors (Lipinski definition) is 3. The van der Waals surface area contributed by atoms with Gasteiger partial charge in [0, 0.05) is 0 Å². The minimum atomic E-state index is -0.405. The fourth-order valence-corrected chi connectivity index (χ4v) is 2.17. The Labute approximate surface area is 123 Å². The summed E-state index contributed by atoms with van der Waals surface area (Å²) >= 11 is 0. The summed E-state index contributed by atoms with van der Waals surface area (Å²) in [7, 11) is 0. The maximum absolute atomic E-state index is 9.16. The molecule has 0 heterocycles. The van der Waals surface area contributed by atoms with Crippen LogP contribution in [0.5, 0.6) is 5.75 Å². The van der Waals surface area contributed by atoms with Crippen LogP contribution in [0.25, 0.3) is 0 Å². The van der Waals surface area contributed by atoms with Crippen LogP contribution in [0.2, 0.25) is 0 Å². The van der Waals surface area contributed by atoms with Gasteiger partial charge in [-0.25, -0.2) is 0 Å². The van der Waals surface area contributed by atoms with Crippen molar-refractivity contribution in [2.45, 2.75) is 52.0 Å². The van der Waals surface area contributed by atoms with E-state index in [2.05, 4.69) is 30.4 Å². The molecule has 0 saturated heterocycles. The highest BCUT2D eigenvalue weighted by Crippen LogP contribution is 2.15. The van der Waals surface area contributed by atoms with Crippen molar-refractivity contribution in [3.63, 3.8) is 0 Å². The van der Waals surface area contributed by atoms with Crippen LogP contribution in [0.3, 0.4) is 0 Å². The predicted molar refractivity (Wildman–Crippen MR) is 82.9 cm³/mol. The number of ether oxygens (including phenoxy) is 1. The summed E-state index contributed by atoms with van der Waals surface area (Å²) in [6.45, 7) is 7.66. The second-order valence-electron chi connectivity index (χ2n) is 5.28. The summed E-state index contributed by atoms with van der Waals surface area (Å²) in [6.07, 6.45) is 3.87. The molecule has 1 aromatic rings. The summed E-state index contributed by atoms with van der Waals surface area (Å²) in [4.78, 5) is 0. The Balaban J connectivity index is 2.23. The van der Waals surface area contributed by atoms with Crippen molar-refractivity contribution in [1.29, 1.82) is 5.26 Å². The van der Waals surface area contributed by atoms with E-state index in [1.165, 1.54) is 5.56 Å². The largest absolute Gasteiger partial charge is 0.494 e. The van der Waals surface area contributed by atoms with E-state index >= 15 is 0 Å². The molecule has 1 atom stereocenters. The average molecular weight is 274 g/mol. The number of nitrogens with zero attached hydrogens (tertiary/aromatic N) is 1. The predicted octanol–water partition coefficient (Wildman–Crippen LogP) is 3.69. The van der Waals surface area contributed by atoms with Crippen molar-refractivity contribution in [2.75, 3.05) is 13.2 Å². The minimum Gasteiger partial charge on any atom is -0.494 e. The number of nitrogens with one attached hydrogen (secondary N) is 1. The molecule has 20 heavy (non-hydrogen) atoms. The van der Waals surface area contributed by atoms with Crippen LogP contribution in [-0.2, 0) is 6.42 Å². The number of rotatable bonds is 9. The lowest BCUT2D eigenvalue weighted by atomic mass is 9.97. The normalized spacial score (nSPS) is 13.5. The standard InChI is InChI=1S/C17H26N2O/c1-4-15-8-10-16(11-9-15)20-13-7-6-12-17(3,14-18)19-5-2/h8-11,19H,4-7,12-13H2,1-3H3. The summed E-state index contributed by atoms with van der Waals surface area (Å²) < 4.78 is 5.71. The Hall–Kier alpha value is -1.53. The quantitative estimate of drug-likeness (QED) is 0.698. The first-order valence-corrected chi connectivity index (χ1v) is 7.51. The van der Waals surface area contributed by atoms with E-state index < -0.39 is 5.54 Å². The van der Waals surface area contributed by atoms with Crippen molar-refractivity contribution in [3.8, 4) is 11.8 Å². The van der Waals surface area contributed by atoms with Crippen molar-refractivity contribution in [1.82, 2.24) is 5.32 Å². The Kier molecular flexibility index (Phi) is 7.11. The smallest absolute Gasteiger partial charge is 0.119 e. The van der Waals surface area contributed by atoms with Crippen molar-refractivity contribution in [2.24, 2.45) is 0 Å². The lowest BCUT2D eigenvalue weighted by Gasteiger charge is -2.22. The molecule has 1 unspecified atom stereocenters. The summed E-state index contributed by atoms with van der Waals surface area (Å²) in [5.41, 5.74) is 0.921. The van der Waals surface area contributed by atoms with Gasteiger partial charge in [-0.05, 0) is 56.8 Å². The SMILES string of the molecule is CCNC(C)(C#N)CCCCOc1ccc(CC)cc1. The number of aryl methyl sites for hydroxylation is 1. The first kappa shape index (κ1) is 16.5. The number of hydrogen-bond donors (Lipinski definition) is 1. The second kappa shape index (κ2) is 8.60. The van der Waals surface area contributed by atoms with E-state index in [1.54, 1.807) is 0 Å². The van der Waals surface area contributed by atoms with Crippen molar-refractivity contribution in [3.05, 3.63) is 29.8 Å². The van der Waals surface area contributed by atoms with E-state index in [-0.39, 0.29) is 0 Å². The van der Waals surface area contributed by atoms with Gasteiger partial charge in [-0.1, -0.05) is 26.0 Å². The van der Waals surface area contributed by atoms with E-state index in [1.807, 2.05) is 26.0 Å². The molecular weight excluding hydrogens is 248 g/mol. The van der Waals surface area contributed by atoms with Crippen molar-refractivity contribution >= 4 is 0 Å². The molecule has 3 heteroatoms. The molecule has 3 nitrogen and oxygen atoms in total. The molecule has 0 saturated carbocycles. The average Bonchev–Trinajstić information content (AvgIpc) is 2.48. The molecule has 1 rings (SSSR count). The zero-order chi connectivity index (χ0) is 14.8. The Bertz CT molecular complexity index is 422. The van der Waals surface area contributed by atoms with Crippen LogP contribution in [0.4, 0.5) is 0 Å². The molecule has 1 aromatic carbocycles. The van der Waals surface area contributed by atoms with Gasteiger partial charge in [0.2, 0.25) is 0 Å². The number of unbranched alkanes of at least 4 members (excludes halogenated alkanes) is 1. The molecule has 0 bridgehead atoms. The first-order chi connectivity index (χ1) is 9.63. The summed E-state index contributed by atoms with van der Waals surface area (Å²) in [5, 5.41) is 12.4. The minimum absolute atomic E-state index is 0.405. The van der Waals surface area contributed by atoms with E-state index in [0.29, 0.717) is 6.61 Å². The van der Waals surface area contributed by atoms with Gasteiger partial charge in [0.1, 0.15) is 11.3 Å². The van der Waals surface area contributed by atoms with Gasteiger partial charge < -0.3 is 4.74 Å². The highest BCUT2D eigenvalue weighted by atomic mass is 16.5. The van der Waals surface area contributed by atoms with Gasteiger partial charge in [-0.15, -0.1) is 0 Å². The molecule has 1 N–H and O–H groups in total. The van der Waals surface area contributed by atoms with E-state index in [0.717, 1.165) is 38.0 Å². The fraction of sp³-hybridized carbons (Fsp3) is 0.588. The zero-order valence-corrected chi connectivity index (χ0v) is 12.9. The van der Waals surface area contributed by atoms with E-state index in [9.17, 15) is 0 Å². The lowest BCUT2D eigenvalue weighted by Crippen LogP contribution is -2.40. The third kappa shape index (κ3) is 5.63. The van der Waals surface area contributed by atoms with Crippen LogP contribution < -0.4 is 10.1 Å². The Morgan fingerprint density at radius 2 is 1.90 bits per heavy atom. The third-order valence-electron chi connectivity index (χ3n) is 3.49. The van der Waals surface area contributed by atoms with E-state index in [4.69, 9.17) is 10.00 Å². The molecule has 0 aromatic heterocycles. The second-order valence-corrected chi connectivity index (χ2v) is 5.28. The summed E-state index contributed by atoms with van der Waals surface area (Å²) in [6, 6.07) is 10.6. The van der Waals surface area contributed by atoms with Crippen LogP contribution in [0.1, 0.15) is 45.6 Å². The molecule has 0 fully saturated rings. The molecule has 110 valence electrons. The first-order valence-electron chi connectivity index (χ1n) is 7.51. The molecule has 0 spiro atoms. The topological polar surface area (TPSA) is 45.0 Å². The van der Waals surface area contributed by atoms with Crippen LogP contribution in [-0.4, -0.2) is 18.7 Å². The van der Waals surface area contributed by atoms with Crippen LogP contribution in [0.15, 0.2) is 24.3 Å². The highest BCUT2D eigenvalue weighted by molar-refractivity contribution is 5.27. The monoisotopic (exact) mass is 274 g/mol. The summed E-state index contributed by atoms with van der Waals surface area (Å²) in [5.74, 6) is 0.928. The molecule has 0 aliphatic heterocycles. The van der Waals surface area contributed by atoms with Gasteiger partial charge in [0.25, 0.3) is 0 Å².